The maximum Gasteiger partial charge on any atom is 0.0440 e. The molecule has 0 radical (unpaired) electrons. The van der Waals surface area contributed by atoms with Crippen molar-refractivity contribution in [1.29, 1.82) is 0 Å². The summed E-state index contributed by atoms with van der Waals surface area (Å²) in [6.07, 6.45) is 0. The zero-order valence-electron chi connectivity index (χ0n) is 16.1. The van der Waals surface area contributed by atoms with Crippen molar-refractivity contribution in [3.8, 4) is 22.3 Å². The van der Waals surface area contributed by atoms with Gasteiger partial charge in [0.05, 0.1) is 0 Å². The first-order valence-corrected chi connectivity index (χ1v) is 11.6. The monoisotopic (exact) mass is 464 g/mol. The summed E-state index contributed by atoms with van der Waals surface area (Å²) in [6.45, 7) is 0. The molecule has 0 aliphatic heterocycles. The highest BCUT2D eigenvalue weighted by molar-refractivity contribution is 9.10. The van der Waals surface area contributed by atoms with Gasteiger partial charge >= 0.3 is 0 Å². The van der Waals surface area contributed by atoms with Gasteiger partial charge in [-0.05, 0) is 57.8 Å². The summed E-state index contributed by atoms with van der Waals surface area (Å²) in [7, 11) is 0. The Balaban J connectivity index is 1.70. The van der Waals surface area contributed by atoms with Crippen LogP contribution in [0.1, 0.15) is 0 Å². The fourth-order valence-corrected chi connectivity index (χ4v) is 5.99. The van der Waals surface area contributed by atoms with E-state index in [0.29, 0.717) is 0 Å². The van der Waals surface area contributed by atoms with Gasteiger partial charge in [0.15, 0.2) is 0 Å². The Morgan fingerprint density at radius 1 is 0.533 bits per heavy atom. The minimum Gasteiger partial charge on any atom is -0.135 e. The molecule has 0 aliphatic rings. The highest BCUT2D eigenvalue weighted by Crippen LogP contribution is 2.44. The summed E-state index contributed by atoms with van der Waals surface area (Å²) in [4.78, 5) is 0. The molecule has 0 atom stereocenters. The van der Waals surface area contributed by atoms with Gasteiger partial charge in [-0.3, -0.25) is 0 Å². The normalized spacial score (nSPS) is 11.5. The SMILES string of the molecule is Brc1cccc(-c2cccc(-c3c4ccccc4cc4c3sc3ccccc34)c2)c1. The first-order chi connectivity index (χ1) is 14.8. The molecule has 5 aromatic carbocycles. The number of hydrogen-bond donors (Lipinski definition) is 0. The Bertz CT molecular complexity index is 1560. The predicted molar refractivity (Wildman–Crippen MR) is 135 cm³/mol. The second kappa shape index (κ2) is 7.09. The molecule has 6 rings (SSSR count). The van der Waals surface area contributed by atoms with E-state index in [-0.39, 0.29) is 0 Å². The van der Waals surface area contributed by atoms with Crippen LogP contribution in [0, 0.1) is 0 Å². The molecule has 0 saturated heterocycles. The zero-order valence-corrected chi connectivity index (χ0v) is 18.5. The van der Waals surface area contributed by atoms with Gasteiger partial charge in [-0.15, -0.1) is 11.3 Å². The van der Waals surface area contributed by atoms with Crippen LogP contribution in [0.2, 0.25) is 0 Å². The third-order valence-corrected chi connectivity index (χ3v) is 7.40. The Hall–Kier alpha value is -2.94. The number of benzene rings is 5. The number of halogens is 1. The molecular formula is C28H17BrS. The van der Waals surface area contributed by atoms with Crippen molar-refractivity contribution in [3.63, 3.8) is 0 Å². The lowest BCUT2D eigenvalue weighted by molar-refractivity contribution is 1.59. The van der Waals surface area contributed by atoms with Gasteiger partial charge < -0.3 is 0 Å². The second-order valence-corrected chi connectivity index (χ2v) is 9.51. The van der Waals surface area contributed by atoms with Crippen LogP contribution in [-0.4, -0.2) is 0 Å². The first-order valence-electron chi connectivity index (χ1n) is 9.97. The van der Waals surface area contributed by atoms with Crippen LogP contribution in [0.5, 0.6) is 0 Å². The van der Waals surface area contributed by atoms with Crippen LogP contribution in [-0.2, 0) is 0 Å². The van der Waals surface area contributed by atoms with Gasteiger partial charge in [-0.25, -0.2) is 0 Å². The topological polar surface area (TPSA) is 0 Å². The van der Waals surface area contributed by atoms with Gasteiger partial charge in [0.1, 0.15) is 0 Å². The fraction of sp³-hybridized carbons (Fsp3) is 0. The van der Waals surface area contributed by atoms with Crippen LogP contribution in [0.15, 0.2) is 108 Å². The summed E-state index contributed by atoms with van der Waals surface area (Å²) >= 11 is 5.50. The third kappa shape index (κ3) is 2.87. The molecule has 142 valence electrons. The lowest BCUT2D eigenvalue weighted by Crippen LogP contribution is -1.85. The molecule has 0 aliphatic carbocycles. The van der Waals surface area contributed by atoms with E-state index in [9.17, 15) is 0 Å². The van der Waals surface area contributed by atoms with Crippen molar-refractivity contribution in [3.05, 3.63) is 108 Å². The van der Waals surface area contributed by atoms with Crippen LogP contribution in [0.4, 0.5) is 0 Å². The molecule has 1 aromatic heterocycles. The molecule has 0 amide bonds. The average Bonchev–Trinajstić information content (AvgIpc) is 3.15. The van der Waals surface area contributed by atoms with Crippen LogP contribution in [0.25, 0.3) is 53.2 Å². The molecule has 0 fully saturated rings. The van der Waals surface area contributed by atoms with E-state index >= 15 is 0 Å². The maximum atomic E-state index is 3.61. The Kier molecular flexibility index (Phi) is 4.22. The van der Waals surface area contributed by atoms with E-state index in [1.807, 2.05) is 11.3 Å². The highest BCUT2D eigenvalue weighted by Gasteiger charge is 2.15. The van der Waals surface area contributed by atoms with Crippen LogP contribution >= 0.6 is 27.3 Å². The van der Waals surface area contributed by atoms with E-state index in [0.717, 1.165) is 4.47 Å². The molecule has 0 nitrogen and oxygen atoms in total. The summed E-state index contributed by atoms with van der Waals surface area (Å²) in [5.74, 6) is 0. The Labute approximate surface area is 187 Å². The van der Waals surface area contributed by atoms with Crippen molar-refractivity contribution in [2.75, 3.05) is 0 Å². The van der Waals surface area contributed by atoms with Gasteiger partial charge in [0, 0.05) is 30.2 Å². The molecule has 0 N–H and O–H groups in total. The molecular weight excluding hydrogens is 448 g/mol. The molecule has 1 heterocycles. The molecule has 30 heavy (non-hydrogen) atoms. The number of rotatable bonds is 2. The smallest absolute Gasteiger partial charge is 0.0440 e. The number of fused-ring (bicyclic) bond motifs is 4. The van der Waals surface area contributed by atoms with Gasteiger partial charge in [-0.1, -0.05) is 88.7 Å². The lowest BCUT2D eigenvalue weighted by atomic mass is 9.93. The third-order valence-electron chi connectivity index (χ3n) is 5.70. The van der Waals surface area contributed by atoms with Gasteiger partial charge in [0.2, 0.25) is 0 Å². The van der Waals surface area contributed by atoms with E-state index in [1.165, 1.54) is 53.2 Å². The van der Waals surface area contributed by atoms with Crippen molar-refractivity contribution in [2.24, 2.45) is 0 Å². The maximum absolute atomic E-state index is 3.61. The summed E-state index contributed by atoms with van der Waals surface area (Å²) < 4.78 is 3.80. The van der Waals surface area contributed by atoms with Crippen molar-refractivity contribution in [1.82, 2.24) is 0 Å². The number of hydrogen-bond acceptors (Lipinski definition) is 1. The van der Waals surface area contributed by atoms with Crippen molar-refractivity contribution < 1.29 is 0 Å². The van der Waals surface area contributed by atoms with Gasteiger partial charge in [-0.2, -0.15) is 0 Å². The Morgan fingerprint density at radius 3 is 2.10 bits per heavy atom. The Morgan fingerprint density at radius 2 is 1.23 bits per heavy atom. The van der Waals surface area contributed by atoms with Crippen molar-refractivity contribution >= 4 is 58.2 Å². The highest BCUT2D eigenvalue weighted by atomic mass is 79.9. The van der Waals surface area contributed by atoms with Crippen molar-refractivity contribution in [2.45, 2.75) is 0 Å². The van der Waals surface area contributed by atoms with E-state index < -0.39 is 0 Å². The zero-order chi connectivity index (χ0) is 20.1. The minimum absolute atomic E-state index is 1.10. The fourth-order valence-electron chi connectivity index (χ4n) is 4.33. The molecule has 0 saturated carbocycles. The van der Waals surface area contributed by atoms with Crippen LogP contribution < -0.4 is 0 Å². The molecule has 0 bridgehead atoms. The molecule has 0 spiro atoms. The summed E-state index contributed by atoms with van der Waals surface area (Å²) in [5, 5.41) is 5.28. The molecule has 2 heteroatoms. The predicted octanol–water partition coefficient (Wildman–Crippen LogP) is 9.30. The van der Waals surface area contributed by atoms with Crippen LogP contribution in [0.3, 0.4) is 0 Å². The standard InChI is InChI=1S/C28H17BrS/c29-22-11-6-9-19(16-22)18-8-5-10-21(15-18)27-23-12-2-1-7-20(23)17-25-24-13-3-4-14-26(24)30-28(25)27/h1-17H. The summed E-state index contributed by atoms with van der Waals surface area (Å²) in [6, 6.07) is 37.3. The summed E-state index contributed by atoms with van der Waals surface area (Å²) in [5.41, 5.74) is 5.05. The molecule has 6 aromatic rings. The number of thiophene rings is 1. The van der Waals surface area contributed by atoms with Gasteiger partial charge in [0.25, 0.3) is 0 Å². The minimum atomic E-state index is 1.10. The second-order valence-electron chi connectivity index (χ2n) is 7.54. The first kappa shape index (κ1) is 17.9. The lowest BCUT2D eigenvalue weighted by Gasteiger charge is -2.11. The quantitative estimate of drug-likeness (QED) is 0.239. The molecule has 0 unspecified atom stereocenters. The average molecular weight is 465 g/mol. The van der Waals surface area contributed by atoms with E-state index in [2.05, 4.69) is 119 Å². The van der Waals surface area contributed by atoms with E-state index in [4.69, 9.17) is 0 Å². The largest absolute Gasteiger partial charge is 0.135 e. The van der Waals surface area contributed by atoms with E-state index in [1.54, 1.807) is 0 Å².